The molecule has 5 nitrogen and oxygen atoms in total. The first-order valence-corrected chi connectivity index (χ1v) is 8.15. The molecule has 2 amide bonds. The molecule has 1 heterocycles. The summed E-state index contributed by atoms with van der Waals surface area (Å²) in [5.74, 6) is -0.850. The van der Waals surface area contributed by atoms with Crippen molar-refractivity contribution in [3.8, 4) is 5.75 Å². The van der Waals surface area contributed by atoms with Crippen LogP contribution in [-0.2, 0) is 4.79 Å². The molecule has 0 aliphatic carbocycles. The lowest BCUT2D eigenvalue weighted by Crippen LogP contribution is -2.30. The Balaban J connectivity index is 2.00. The van der Waals surface area contributed by atoms with Crippen molar-refractivity contribution in [2.75, 3.05) is 4.90 Å². The van der Waals surface area contributed by atoms with Gasteiger partial charge in [-0.1, -0.05) is 48.2 Å². The number of para-hydroxylation sites is 1. The number of nitrogens with two attached hydrogens (primary N) is 1. The number of carbonyl (C=O) groups excluding carboxylic acids is 2. The van der Waals surface area contributed by atoms with Crippen LogP contribution in [0.2, 0.25) is 0 Å². The van der Waals surface area contributed by atoms with Gasteiger partial charge in [-0.05, 0) is 35.9 Å². The van der Waals surface area contributed by atoms with E-state index in [0.717, 1.165) is 11.8 Å². The molecule has 1 aliphatic heterocycles. The van der Waals surface area contributed by atoms with E-state index in [4.69, 9.17) is 18.0 Å². The van der Waals surface area contributed by atoms with E-state index in [9.17, 15) is 14.7 Å². The Bertz CT molecular complexity index is 893. The second-order valence-corrected chi connectivity index (χ2v) is 6.67. The van der Waals surface area contributed by atoms with Crippen molar-refractivity contribution >= 4 is 51.9 Å². The van der Waals surface area contributed by atoms with Crippen LogP contribution in [0.5, 0.6) is 5.75 Å². The maximum absolute atomic E-state index is 12.7. The third kappa shape index (κ3) is 3.04. The molecule has 2 aromatic rings. The average molecular weight is 356 g/mol. The zero-order valence-corrected chi connectivity index (χ0v) is 13.9. The van der Waals surface area contributed by atoms with Gasteiger partial charge in [0.25, 0.3) is 11.8 Å². The molecule has 120 valence electrons. The highest BCUT2D eigenvalue weighted by Crippen LogP contribution is 2.37. The van der Waals surface area contributed by atoms with Gasteiger partial charge in [0, 0.05) is 0 Å². The van der Waals surface area contributed by atoms with Crippen molar-refractivity contribution in [1.29, 1.82) is 0 Å². The van der Waals surface area contributed by atoms with E-state index in [2.05, 4.69) is 0 Å². The van der Waals surface area contributed by atoms with Crippen molar-refractivity contribution in [3.63, 3.8) is 0 Å². The van der Waals surface area contributed by atoms with E-state index < -0.39 is 5.91 Å². The van der Waals surface area contributed by atoms with Gasteiger partial charge in [0.05, 0.1) is 16.2 Å². The topological polar surface area (TPSA) is 83.6 Å². The molecule has 1 saturated heterocycles. The molecule has 2 aromatic carbocycles. The number of carbonyl (C=O) groups is 2. The van der Waals surface area contributed by atoms with Crippen molar-refractivity contribution in [2.45, 2.75) is 0 Å². The Morgan fingerprint density at radius 2 is 1.96 bits per heavy atom. The maximum atomic E-state index is 12.7. The van der Waals surface area contributed by atoms with E-state index in [1.807, 2.05) is 0 Å². The molecule has 3 N–H and O–H groups in total. The maximum Gasteiger partial charge on any atom is 0.270 e. The number of rotatable bonds is 3. The van der Waals surface area contributed by atoms with Crippen molar-refractivity contribution in [2.24, 2.45) is 5.73 Å². The summed E-state index contributed by atoms with van der Waals surface area (Å²) >= 11 is 6.42. The number of benzene rings is 2. The summed E-state index contributed by atoms with van der Waals surface area (Å²) in [4.78, 5) is 26.0. The molecule has 0 spiro atoms. The molecule has 0 bridgehead atoms. The van der Waals surface area contributed by atoms with Crippen LogP contribution in [0.25, 0.3) is 6.08 Å². The first-order valence-electron chi connectivity index (χ1n) is 6.93. The van der Waals surface area contributed by atoms with Crippen LogP contribution in [0.1, 0.15) is 15.9 Å². The monoisotopic (exact) mass is 356 g/mol. The van der Waals surface area contributed by atoms with Crippen LogP contribution in [0, 0.1) is 0 Å². The Morgan fingerprint density at radius 3 is 2.67 bits per heavy atom. The van der Waals surface area contributed by atoms with Crippen LogP contribution in [0.4, 0.5) is 5.69 Å². The average Bonchev–Trinajstić information content (AvgIpc) is 2.81. The standard InChI is InChI=1S/C17H12N2O3S2/c18-15(21)12-6-1-2-7-13(12)19-16(22)14(24-17(19)23)9-10-4-3-5-11(20)8-10/h1-9,20H,(H2,18,21)/b14-9-. The summed E-state index contributed by atoms with van der Waals surface area (Å²) in [6, 6.07) is 13.1. The number of nitrogens with zero attached hydrogens (tertiary/aromatic N) is 1. The van der Waals surface area contributed by atoms with E-state index in [1.165, 1.54) is 4.90 Å². The number of primary amides is 1. The van der Waals surface area contributed by atoms with Gasteiger partial charge in [-0.15, -0.1) is 0 Å². The number of anilines is 1. The summed E-state index contributed by atoms with van der Waals surface area (Å²) in [6.45, 7) is 0. The number of hydrogen-bond donors (Lipinski definition) is 2. The Labute approximate surface area is 147 Å². The summed E-state index contributed by atoms with van der Waals surface area (Å²) in [5.41, 5.74) is 6.65. The van der Waals surface area contributed by atoms with E-state index in [1.54, 1.807) is 54.6 Å². The molecule has 0 saturated carbocycles. The zero-order valence-electron chi connectivity index (χ0n) is 12.3. The van der Waals surface area contributed by atoms with Gasteiger partial charge < -0.3 is 10.8 Å². The van der Waals surface area contributed by atoms with Gasteiger partial charge in [-0.3, -0.25) is 14.5 Å². The lowest BCUT2D eigenvalue weighted by molar-refractivity contribution is -0.113. The lowest BCUT2D eigenvalue weighted by Gasteiger charge is -2.17. The number of phenolic OH excluding ortho intramolecular Hbond substituents is 1. The second kappa shape index (κ2) is 6.46. The number of amides is 2. The highest BCUT2D eigenvalue weighted by atomic mass is 32.2. The van der Waals surface area contributed by atoms with Gasteiger partial charge in [0.2, 0.25) is 0 Å². The summed E-state index contributed by atoms with van der Waals surface area (Å²) in [6.07, 6.45) is 1.64. The Morgan fingerprint density at radius 1 is 1.21 bits per heavy atom. The smallest absolute Gasteiger partial charge is 0.270 e. The Hall–Kier alpha value is -2.64. The largest absolute Gasteiger partial charge is 0.508 e. The van der Waals surface area contributed by atoms with Crippen LogP contribution >= 0.6 is 24.0 Å². The van der Waals surface area contributed by atoms with E-state index in [0.29, 0.717) is 20.5 Å². The van der Waals surface area contributed by atoms with Gasteiger partial charge in [-0.2, -0.15) is 0 Å². The van der Waals surface area contributed by atoms with Crippen LogP contribution < -0.4 is 10.6 Å². The van der Waals surface area contributed by atoms with Crippen LogP contribution in [0.15, 0.2) is 53.4 Å². The molecule has 7 heteroatoms. The van der Waals surface area contributed by atoms with Crippen LogP contribution in [-0.4, -0.2) is 21.2 Å². The molecule has 3 rings (SSSR count). The second-order valence-electron chi connectivity index (χ2n) is 4.99. The van der Waals surface area contributed by atoms with Crippen molar-refractivity contribution in [1.82, 2.24) is 0 Å². The third-order valence-corrected chi connectivity index (χ3v) is 4.67. The van der Waals surface area contributed by atoms with E-state index >= 15 is 0 Å². The summed E-state index contributed by atoms with van der Waals surface area (Å²) in [7, 11) is 0. The minimum absolute atomic E-state index is 0.110. The highest BCUT2D eigenvalue weighted by molar-refractivity contribution is 8.27. The van der Waals surface area contributed by atoms with Gasteiger partial charge in [-0.25, -0.2) is 0 Å². The third-order valence-electron chi connectivity index (χ3n) is 3.37. The molecule has 0 atom stereocenters. The first kappa shape index (κ1) is 16.2. The van der Waals surface area contributed by atoms with Crippen LogP contribution in [0.3, 0.4) is 0 Å². The fourth-order valence-corrected chi connectivity index (χ4v) is 3.60. The first-order chi connectivity index (χ1) is 11.5. The molecule has 0 aromatic heterocycles. The SMILES string of the molecule is NC(=O)c1ccccc1N1C(=O)/C(=C/c2cccc(O)c2)SC1=S. The minimum atomic E-state index is -0.628. The quantitative estimate of drug-likeness (QED) is 0.653. The number of thiocarbonyl (C=S) groups is 1. The Kier molecular flexibility index (Phi) is 4.37. The molecule has 0 radical (unpaired) electrons. The zero-order chi connectivity index (χ0) is 17.3. The molecular formula is C17H12N2O3S2. The summed E-state index contributed by atoms with van der Waals surface area (Å²) in [5, 5.41) is 9.52. The fraction of sp³-hybridized carbons (Fsp3) is 0. The highest BCUT2D eigenvalue weighted by Gasteiger charge is 2.35. The molecule has 0 unspecified atom stereocenters. The number of thioether (sulfide) groups is 1. The number of phenols is 1. The molecule has 1 fully saturated rings. The minimum Gasteiger partial charge on any atom is -0.508 e. The molecule has 24 heavy (non-hydrogen) atoms. The predicted octanol–water partition coefficient (Wildman–Crippen LogP) is 2.90. The van der Waals surface area contributed by atoms with Crippen molar-refractivity contribution < 1.29 is 14.7 Å². The number of hydrogen-bond acceptors (Lipinski definition) is 5. The normalized spacial score (nSPS) is 16.0. The molecular weight excluding hydrogens is 344 g/mol. The fourth-order valence-electron chi connectivity index (χ4n) is 2.32. The van der Waals surface area contributed by atoms with Gasteiger partial charge in [0.15, 0.2) is 4.32 Å². The van der Waals surface area contributed by atoms with Gasteiger partial charge >= 0.3 is 0 Å². The summed E-state index contributed by atoms with van der Waals surface area (Å²) < 4.78 is 0.320. The van der Waals surface area contributed by atoms with E-state index in [-0.39, 0.29) is 17.2 Å². The van der Waals surface area contributed by atoms with Gasteiger partial charge in [0.1, 0.15) is 5.75 Å². The molecule has 1 aliphatic rings. The number of aromatic hydroxyl groups is 1. The van der Waals surface area contributed by atoms with Crippen molar-refractivity contribution in [3.05, 3.63) is 64.6 Å². The predicted molar refractivity (Wildman–Crippen MR) is 98.7 cm³/mol. The lowest BCUT2D eigenvalue weighted by atomic mass is 10.1.